The van der Waals surface area contributed by atoms with E-state index in [0.717, 1.165) is 96.3 Å². The van der Waals surface area contributed by atoms with Crippen molar-refractivity contribution in [2.45, 2.75) is 290 Å². The van der Waals surface area contributed by atoms with Crippen LogP contribution in [-0.2, 0) is 65.4 Å². The van der Waals surface area contributed by atoms with Crippen molar-refractivity contribution in [3.63, 3.8) is 0 Å². The third-order valence-electron chi connectivity index (χ3n) is 12.6. The van der Waals surface area contributed by atoms with E-state index >= 15 is 0 Å². The molecule has 3 N–H and O–H groups in total. The van der Waals surface area contributed by atoms with Gasteiger partial charge in [0.25, 0.3) is 0 Å². The molecular weight excluding hydrogens is 995 g/mol. The lowest BCUT2D eigenvalue weighted by atomic mass is 10.0. The molecule has 0 aromatic rings. The number of carbonyl (C=O) groups is 4. The Morgan fingerprint density at radius 3 is 0.797 bits per heavy atom. The Bertz CT molecular complexity index is 1450. The maximum Gasteiger partial charge on any atom is 0.472 e. The number of phosphoric ester groups is 2. The van der Waals surface area contributed by atoms with Gasteiger partial charge in [-0.3, -0.25) is 37.3 Å². The number of rotatable bonds is 56. The summed E-state index contributed by atoms with van der Waals surface area (Å²) in [4.78, 5) is 71.2. The molecule has 0 aromatic carbocycles. The molecule has 0 amide bonds. The van der Waals surface area contributed by atoms with Gasteiger partial charge in [-0.25, -0.2) is 9.13 Å². The highest BCUT2D eigenvalue weighted by Gasteiger charge is 2.30. The van der Waals surface area contributed by atoms with Crippen molar-refractivity contribution < 1.29 is 80.2 Å². The first-order valence-corrected chi connectivity index (χ1v) is 32.3. The molecule has 0 aromatic heterocycles. The molecule has 5 atom stereocenters. The monoisotopic (exact) mass is 1100 g/mol. The number of aliphatic hydroxyl groups is 1. The minimum Gasteiger partial charge on any atom is -0.462 e. The molecule has 0 aliphatic carbocycles. The predicted octanol–water partition coefficient (Wildman–Crippen LogP) is 14.4. The van der Waals surface area contributed by atoms with Crippen molar-refractivity contribution in [3.05, 3.63) is 0 Å². The lowest BCUT2D eigenvalue weighted by Crippen LogP contribution is -2.30. The van der Waals surface area contributed by atoms with E-state index < -0.39 is 97.5 Å². The Labute approximate surface area is 447 Å². The smallest absolute Gasteiger partial charge is 0.462 e. The Balaban J connectivity index is 5.13. The molecule has 0 rings (SSSR count). The van der Waals surface area contributed by atoms with Gasteiger partial charge in [-0.15, -0.1) is 0 Å². The first-order chi connectivity index (χ1) is 35.7. The average molecular weight is 1100 g/mol. The molecule has 0 saturated heterocycles. The molecule has 19 heteroatoms. The van der Waals surface area contributed by atoms with Crippen molar-refractivity contribution in [1.82, 2.24) is 0 Å². The van der Waals surface area contributed by atoms with E-state index in [4.69, 9.17) is 37.0 Å². The van der Waals surface area contributed by atoms with Gasteiger partial charge in [0.15, 0.2) is 12.2 Å². The van der Waals surface area contributed by atoms with Crippen LogP contribution in [0.2, 0.25) is 0 Å². The lowest BCUT2D eigenvalue weighted by Gasteiger charge is -2.21. The number of hydrogen-bond acceptors (Lipinski definition) is 15. The van der Waals surface area contributed by atoms with Gasteiger partial charge in [-0.05, 0) is 25.7 Å². The molecule has 0 bridgehead atoms. The van der Waals surface area contributed by atoms with Crippen LogP contribution in [-0.4, -0.2) is 96.7 Å². The van der Waals surface area contributed by atoms with Crippen LogP contribution in [0.4, 0.5) is 0 Å². The maximum atomic E-state index is 12.9. The van der Waals surface area contributed by atoms with E-state index in [1.165, 1.54) is 96.3 Å². The van der Waals surface area contributed by atoms with Crippen molar-refractivity contribution in [1.29, 1.82) is 0 Å². The Morgan fingerprint density at radius 2 is 0.541 bits per heavy atom. The normalized spacial score (nSPS) is 14.4. The number of unbranched alkanes of at least 4 members (excludes halogenated alkanes) is 30. The summed E-state index contributed by atoms with van der Waals surface area (Å²) in [5.74, 6) is -2.17. The summed E-state index contributed by atoms with van der Waals surface area (Å²) in [5.41, 5.74) is 0. The SMILES string of the molecule is CCCCCCCCCCCCCCCCC(=O)O[C@H](COC(=O)CCCCCCCCCCCC)COP(=O)(O)OC[C@@H](O)COP(=O)(O)OC[C@@H](COC(=O)CCCCCCC)OC(=O)CCCCCCC. The summed E-state index contributed by atoms with van der Waals surface area (Å²) in [5, 5.41) is 10.4. The quantitative estimate of drug-likeness (QED) is 0.0222. The van der Waals surface area contributed by atoms with Crippen molar-refractivity contribution in [2.24, 2.45) is 0 Å². The lowest BCUT2D eigenvalue weighted by molar-refractivity contribution is -0.161. The van der Waals surface area contributed by atoms with Gasteiger partial charge in [0.1, 0.15) is 19.3 Å². The molecule has 74 heavy (non-hydrogen) atoms. The molecule has 0 heterocycles. The fraction of sp³-hybridized carbons (Fsp3) is 0.927. The molecule has 0 aliphatic heterocycles. The second-order valence-electron chi connectivity index (χ2n) is 20.0. The van der Waals surface area contributed by atoms with Gasteiger partial charge in [-0.1, -0.05) is 220 Å². The van der Waals surface area contributed by atoms with Crippen molar-refractivity contribution in [3.8, 4) is 0 Å². The second-order valence-corrected chi connectivity index (χ2v) is 22.9. The van der Waals surface area contributed by atoms with Crippen LogP contribution >= 0.6 is 15.6 Å². The fourth-order valence-corrected chi connectivity index (χ4v) is 9.62. The average Bonchev–Trinajstić information content (AvgIpc) is 3.37. The largest absolute Gasteiger partial charge is 0.472 e. The number of ether oxygens (including phenoxy) is 4. The van der Waals surface area contributed by atoms with Gasteiger partial charge >= 0.3 is 39.5 Å². The zero-order valence-electron chi connectivity index (χ0n) is 46.8. The number of phosphoric acid groups is 2. The van der Waals surface area contributed by atoms with Gasteiger partial charge in [0.05, 0.1) is 26.4 Å². The van der Waals surface area contributed by atoms with E-state index in [-0.39, 0.29) is 25.7 Å². The van der Waals surface area contributed by atoms with E-state index in [9.17, 15) is 43.2 Å². The molecule has 0 aliphatic rings. The van der Waals surface area contributed by atoms with Crippen LogP contribution < -0.4 is 0 Å². The van der Waals surface area contributed by atoms with Gasteiger partial charge in [-0.2, -0.15) is 0 Å². The highest BCUT2D eigenvalue weighted by Crippen LogP contribution is 2.45. The van der Waals surface area contributed by atoms with E-state index in [0.29, 0.717) is 25.7 Å². The fourth-order valence-electron chi connectivity index (χ4n) is 8.04. The Kier molecular flexibility index (Phi) is 49.2. The minimum absolute atomic E-state index is 0.0990. The molecule has 0 radical (unpaired) electrons. The zero-order chi connectivity index (χ0) is 54.8. The summed E-state index contributed by atoms with van der Waals surface area (Å²) < 4.78 is 67.2. The topological polar surface area (TPSA) is 237 Å². The highest BCUT2D eigenvalue weighted by molar-refractivity contribution is 7.47. The molecule has 17 nitrogen and oxygen atoms in total. The van der Waals surface area contributed by atoms with E-state index in [2.05, 4.69) is 27.7 Å². The molecular formula is C55H106O17P2. The van der Waals surface area contributed by atoms with Gasteiger partial charge in [0.2, 0.25) is 0 Å². The maximum absolute atomic E-state index is 12.9. The Morgan fingerprint density at radius 1 is 0.324 bits per heavy atom. The standard InChI is InChI=1S/C55H106O17P2/c1-5-9-13-17-19-21-23-24-25-26-28-30-34-38-42-55(60)72-51(46-66-53(58)40-36-33-29-27-22-20-18-14-10-6-2)48-70-74(63,64)68-44-49(56)43-67-73(61,62)69-47-50(71-54(59)41-37-32-16-12-8-4)45-65-52(57)39-35-31-15-11-7-3/h49-51,56H,5-48H2,1-4H3,(H,61,62)(H,63,64)/t49-,50+,51+/m0/s1. The first-order valence-electron chi connectivity index (χ1n) is 29.3. The summed E-state index contributed by atoms with van der Waals surface area (Å²) in [6.45, 7) is 4.64. The number of aliphatic hydroxyl groups excluding tert-OH is 1. The molecule has 0 spiro atoms. The van der Waals surface area contributed by atoms with Crippen LogP contribution in [0.15, 0.2) is 0 Å². The summed E-state index contributed by atoms with van der Waals surface area (Å²) in [7, 11) is -9.85. The van der Waals surface area contributed by atoms with Crippen LogP contribution in [0, 0.1) is 0 Å². The summed E-state index contributed by atoms with van der Waals surface area (Å²) in [6, 6.07) is 0. The number of hydrogen-bond donors (Lipinski definition) is 3. The third-order valence-corrected chi connectivity index (χ3v) is 14.5. The second kappa shape index (κ2) is 50.6. The number of esters is 4. The van der Waals surface area contributed by atoms with Crippen molar-refractivity contribution >= 4 is 39.5 Å². The van der Waals surface area contributed by atoms with E-state index in [1.54, 1.807) is 0 Å². The van der Waals surface area contributed by atoms with Crippen LogP contribution in [0.1, 0.15) is 272 Å². The molecule has 438 valence electrons. The zero-order valence-corrected chi connectivity index (χ0v) is 48.6. The van der Waals surface area contributed by atoms with Crippen LogP contribution in [0.3, 0.4) is 0 Å². The minimum atomic E-state index is -4.93. The molecule has 0 fully saturated rings. The van der Waals surface area contributed by atoms with E-state index in [1.807, 2.05) is 0 Å². The van der Waals surface area contributed by atoms with Crippen LogP contribution in [0.25, 0.3) is 0 Å². The predicted molar refractivity (Wildman–Crippen MR) is 289 cm³/mol. The summed E-state index contributed by atoms with van der Waals surface area (Å²) in [6.07, 6.45) is 32.8. The van der Waals surface area contributed by atoms with Crippen molar-refractivity contribution in [2.75, 3.05) is 39.6 Å². The summed E-state index contributed by atoms with van der Waals surface area (Å²) >= 11 is 0. The first kappa shape index (κ1) is 72.1. The van der Waals surface area contributed by atoms with Crippen LogP contribution in [0.5, 0.6) is 0 Å². The third kappa shape index (κ3) is 49.6. The van der Waals surface area contributed by atoms with Gasteiger partial charge in [0, 0.05) is 25.7 Å². The van der Waals surface area contributed by atoms with Gasteiger partial charge < -0.3 is 33.8 Å². The molecule has 2 unspecified atom stereocenters. The Hall–Kier alpha value is -1.94. The number of carbonyl (C=O) groups excluding carboxylic acids is 4. The highest BCUT2D eigenvalue weighted by atomic mass is 31.2. The molecule has 0 saturated carbocycles.